The Morgan fingerprint density at radius 2 is 1.83 bits per heavy atom. The van der Waals surface area contributed by atoms with E-state index in [0.717, 1.165) is 5.56 Å². The van der Waals surface area contributed by atoms with Gasteiger partial charge in [0.25, 0.3) is 0 Å². The summed E-state index contributed by atoms with van der Waals surface area (Å²) in [7, 11) is 1.73. The van der Waals surface area contributed by atoms with Crippen molar-refractivity contribution in [3.63, 3.8) is 0 Å². The molecule has 0 aliphatic rings. The first-order valence-electron chi connectivity index (χ1n) is 8.00. The molecule has 3 N–H and O–H groups in total. The predicted octanol–water partition coefficient (Wildman–Crippen LogP) is 1.49. The molecule has 23 heavy (non-hydrogen) atoms. The molecule has 0 aliphatic heterocycles. The minimum atomic E-state index is -0.125. The van der Waals surface area contributed by atoms with E-state index in [2.05, 4.69) is 5.32 Å². The molecule has 5 heteroatoms. The normalized spacial score (nSPS) is 11.2. The van der Waals surface area contributed by atoms with Crippen molar-refractivity contribution < 1.29 is 9.59 Å². The first-order valence-corrected chi connectivity index (χ1v) is 8.00. The summed E-state index contributed by atoms with van der Waals surface area (Å²) in [6, 6.07) is 8.11. The van der Waals surface area contributed by atoms with Crippen LogP contribution in [0.25, 0.3) is 0 Å². The van der Waals surface area contributed by atoms with Crippen molar-refractivity contribution in [2.45, 2.75) is 33.6 Å². The minimum absolute atomic E-state index is 0.0316. The summed E-state index contributed by atoms with van der Waals surface area (Å²) in [6.07, 6.45) is 1.06. The molecule has 0 saturated heterocycles. The van der Waals surface area contributed by atoms with E-state index in [1.807, 2.05) is 45.0 Å². The Kier molecular flexibility index (Phi) is 7.23. The maximum atomic E-state index is 12.0. The number of amides is 2. The van der Waals surface area contributed by atoms with Gasteiger partial charge in [0.15, 0.2) is 0 Å². The topological polar surface area (TPSA) is 75.4 Å². The summed E-state index contributed by atoms with van der Waals surface area (Å²) in [5.41, 5.74) is 7.87. The second-order valence-electron chi connectivity index (χ2n) is 6.88. The highest BCUT2D eigenvalue weighted by atomic mass is 16.2. The first kappa shape index (κ1) is 19.2. The Balaban J connectivity index is 2.32. The van der Waals surface area contributed by atoms with Crippen LogP contribution < -0.4 is 11.1 Å². The average Bonchev–Trinajstić information content (AvgIpc) is 2.51. The van der Waals surface area contributed by atoms with Crippen molar-refractivity contribution in [3.8, 4) is 0 Å². The van der Waals surface area contributed by atoms with Gasteiger partial charge in [0.2, 0.25) is 11.8 Å². The zero-order chi connectivity index (χ0) is 17.5. The van der Waals surface area contributed by atoms with Gasteiger partial charge in [-0.2, -0.15) is 0 Å². The average molecular weight is 319 g/mol. The van der Waals surface area contributed by atoms with Crippen molar-refractivity contribution in [1.82, 2.24) is 10.2 Å². The lowest BCUT2D eigenvalue weighted by molar-refractivity contribution is -0.132. The Labute approximate surface area is 139 Å². The molecule has 0 spiro atoms. The third kappa shape index (κ3) is 7.28. The Morgan fingerprint density at radius 3 is 2.39 bits per heavy atom. The molecule has 128 valence electrons. The molecule has 1 aromatic rings. The third-order valence-corrected chi connectivity index (χ3v) is 3.84. The summed E-state index contributed by atoms with van der Waals surface area (Å²) in [5, 5.41) is 2.69. The van der Waals surface area contributed by atoms with Gasteiger partial charge in [0, 0.05) is 20.0 Å². The van der Waals surface area contributed by atoms with Gasteiger partial charge in [-0.05, 0) is 30.9 Å². The van der Waals surface area contributed by atoms with E-state index in [1.165, 1.54) is 5.56 Å². The number of carbonyl (C=O) groups excluding carboxylic acids is 2. The molecule has 2 amide bonds. The summed E-state index contributed by atoms with van der Waals surface area (Å²) in [6.45, 7) is 7.16. The van der Waals surface area contributed by atoms with Crippen LogP contribution in [0.3, 0.4) is 0 Å². The van der Waals surface area contributed by atoms with E-state index in [9.17, 15) is 9.59 Å². The highest BCUT2D eigenvalue weighted by molar-refractivity contribution is 5.84. The van der Waals surface area contributed by atoms with E-state index in [-0.39, 0.29) is 23.8 Å². The van der Waals surface area contributed by atoms with Gasteiger partial charge in [-0.25, -0.2) is 0 Å². The monoisotopic (exact) mass is 319 g/mol. The number of aryl methyl sites for hydroxylation is 2. The maximum absolute atomic E-state index is 12.0. The summed E-state index contributed by atoms with van der Waals surface area (Å²) in [4.78, 5) is 25.5. The van der Waals surface area contributed by atoms with Crippen molar-refractivity contribution >= 4 is 11.8 Å². The zero-order valence-electron chi connectivity index (χ0n) is 14.7. The molecule has 5 nitrogen and oxygen atoms in total. The molecule has 0 saturated carbocycles. The SMILES string of the molecule is Cc1ccc(CCC(=O)NCC(=O)N(C)CC(C)(C)CN)cc1. The maximum Gasteiger partial charge on any atom is 0.241 e. The number of hydrogen-bond acceptors (Lipinski definition) is 3. The van der Waals surface area contributed by atoms with Crippen LogP contribution in [0.4, 0.5) is 0 Å². The molecule has 0 heterocycles. The third-order valence-electron chi connectivity index (χ3n) is 3.84. The largest absolute Gasteiger partial charge is 0.347 e. The second kappa shape index (κ2) is 8.67. The first-order chi connectivity index (χ1) is 10.7. The van der Waals surface area contributed by atoms with Crippen LogP contribution in [-0.4, -0.2) is 43.4 Å². The van der Waals surface area contributed by atoms with Crippen LogP contribution in [0, 0.1) is 12.3 Å². The van der Waals surface area contributed by atoms with Crippen molar-refractivity contribution in [2.24, 2.45) is 11.1 Å². The fraction of sp³-hybridized carbons (Fsp3) is 0.556. The van der Waals surface area contributed by atoms with Gasteiger partial charge in [-0.15, -0.1) is 0 Å². The van der Waals surface area contributed by atoms with Crippen LogP contribution in [-0.2, 0) is 16.0 Å². The molecule has 1 aromatic carbocycles. The summed E-state index contributed by atoms with van der Waals surface area (Å²) >= 11 is 0. The molecule has 0 fully saturated rings. The molecule has 0 radical (unpaired) electrons. The predicted molar refractivity (Wildman–Crippen MR) is 93.0 cm³/mol. The van der Waals surface area contributed by atoms with Crippen LogP contribution in [0.5, 0.6) is 0 Å². The van der Waals surface area contributed by atoms with E-state index in [1.54, 1.807) is 11.9 Å². The highest BCUT2D eigenvalue weighted by Crippen LogP contribution is 2.13. The van der Waals surface area contributed by atoms with Gasteiger partial charge in [0.05, 0.1) is 6.54 Å². The van der Waals surface area contributed by atoms with Crippen molar-refractivity contribution in [1.29, 1.82) is 0 Å². The van der Waals surface area contributed by atoms with Crippen LogP contribution in [0.2, 0.25) is 0 Å². The summed E-state index contributed by atoms with van der Waals surface area (Å²) in [5.74, 6) is -0.208. The molecule has 1 rings (SSSR count). The minimum Gasteiger partial charge on any atom is -0.347 e. The number of hydrogen-bond donors (Lipinski definition) is 2. The lowest BCUT2D eigenvalue weighted by Gasteiger charge is -2.29. The molecular formula is C18H29N3O2. The number of benzene rings is 1. The van der Waals surface area contributed by atoms with Crippen LogP contribution in [0.1, 0.15) is 31.4 Å². The molecule has 0 aromatic heterocycles. The smallest absolute Gasteiger partial charge is 0.241 e. The fourth-order valence-corrected chi connectivity index (χ4v) is 2.20. The Hall–Kier alpha value is -1.88. The van der Waals surface area contributed by atoms with Gasteiger partial charge in [-0.3, -0.25) is 9.59 Å². The van der Waals surface area contributed by atoms with E-state index >= 15 is 0 Å². The van der Waals surface area contributed by atoms with Crippen molar-refractivity contribution in [3.05, 3.63) is 35.4 Å². The van der Waals surface area contributed by atoms with Gasteiger partial charge in [-0.1, -0.05) is 43.7 Å². The zero-order valence-corrected chi connectivity index (χ0v) is 14.7. The molecule has 0 unspecified atom stereocenters. The number of likely N-dealkylation sites (N-methyl/N-ethyl adjacent to an activating group) is 1. The van der Waals surface area contributed by atoms with E-state index < -0.39 is 0 Å². The number of carbonyl (C=O) groups is 2. The lowest BCUT2D eigenvalue weighted by Crippen LogP contribution is -2.44. The van der Waals surface area contributed by atoms with Gasteiger partial charge in [0.1, 0.15) is 0 Å². The van der Waals surface area contributed by atoms with Gasteiger partial charge < -0.3 is 16.0 Å². The van der Waals surface area contributed by atoms with E-state index in [4.69, 9.17) is 5.73 Å². The number of nitrogens with two attached hydrogens (primary N) is 1. The number of nitrogens with zero attached hydrogens (tertiary/aromatic N) is 1. The molecular weight excluding hydrogens is 290 g/mol. The van der Waals surface area contributed by atoms with Crippen LogP contribution in [0.15, 0.2) is 24.3 Å². The number of rotatable bonds is 8. The fourth-order valence-electron chi connectivity index (χ4n) is 2.20. The molecule has 0 bridgehead atoms. The highest BCUT2D eigenvalue weighted by Gasteiger charge is 2.21. The summed E-state index contributed by atoms with van der Waals surface area (Å²) < 4.78 is 0. The van der Waals surface area contributed by atoms with Crippen molar-refractivity contribution in [2.75, 3.05) is 26.7 Å². The molecule has 0 atom stereocenters. The van der Waals surface area contributed by atoms with E-state index in [0.29, 0.717) is 25.9 Å². The van der Waals surface area contributed by atoms with Gasteiger partial charge >= 0.3 is 0 Å². The standard InChI is InChI=1S/C18H29N3O2/c1-14-5-7-15(8-6-14)9-10-16(22)20-11-17(23)21(4)13-18(2,3)12-19/h5-8H,9-13,19H2,1-4H3,(H,20,22). The number of nitrogens with one attached hydrogen (secondary N) is 1. The second-order valence-corrected chi connectivity index (χ2v) is 6.88. The lowest BCUT2D eigenvalue weighted by atomic mass is 9.93. The van der Waals surface area contributed by atoms with Crippen LogP contribution >= 0.6 is 0 Å². The Morgan fingerprint density at radius 1 is 1.22 bits per heavy atom. The quantitative estimate of drug-likeness (QED) is 0.762. The Bertz CT molecular complexity index is 524. The molecule has 0 aliphatic carbocycles.